The second kappa shape index (κ2) is 12.2. The van der Waals surface area contributed by atoms with Crippen molar-refractivity contribution in [3.8, 4) is 23.2 Å². The normalized spacial score (nSPS) is 19.1. The van der Waals surface area contributed by atoms with E-state index in [1.54, 1.807) is 17.0 Å². The molecule has 0 spiro atoms. The van der Waals surface area contributed by atoms with Gasteiger partial charge in [-0.05, 0) is 55.6 Å². The molecule has 1 aromatic heterocycles. The van der Waals surface area contributed by atoms with Crippen LogP contribution in [0.5, 0.6) is 6.01 Å². The Morgan fingerprint density at radius 2 is 1.95 bits per heavy atom. The standard InChI is InChI=1S/C33H32ClFN6O2/c1-3-28(42)41-18-17-40(19-22(41)14-15-36)32-26-13-12-25(24-10-4-7-21-8-5-11-27(34)29(21)24)30(35)31(26)37-33(38-32)43-20-23-9-6-16-39(23)2/h3-5,7-8,10-13,22-23H,1,6,9,14,16-20H2,2H3. The van der Waals surface area contributed by atoms with Gasteiger partial charge in [0.15, 0.2) is 5.82 Å². The van der Waals surface area contributed by atoms with E-state index in [4.69, 9.17) is 21.3 Å². The summed E-state index contributed by atoms with van der Waals surface area (Å²) >= 11 is 6.60. The van der Waals surface area contributed by atoms with Gasteiger partial charge in [-0.3, -0.25) is 4.79 Å². The summed E-state index contributed by atoms with van der Waals surface area (Å²) in [7, 11) is 2.06. The summed E-state index contributed by atoms with van der Waals surface area (Å²) in [5.74, 6) is -0.207. The summed E-state index contributed by atoms with van der Waals surface area (Å²) < 4.78 is 22.8. The molecule has 0 bridgehead atoms. The Morgan fingerprint density at radius 1 is 1.14 bits per heavy atom. The molecule has 1 amide bonds. The van der Waals surface area contributed by atoms with Crippen LogP contribution in [0.1, 0.15) is 19.3 Å². The van der Waals surface area contributed by atoms with E-state index in [1.807, 2.05) is 41.3 Å². The third-order valence-electron chi connectivity index (χ3n) is 8.55. The smallest absolute Gasteiger partial charge is 0.319 e. The largest absolute Gasteiger partial charge is 0.462 e. The number of likely N-dealkylation sites (N-methyl/N-ethyl adjacent to an activating group) is 1. The zero-order chi connectivity index (χ0) is 30.1. The molecule has 8 nitrogen and oxygen atoms in total. The lowest BCUT2D eigenvalue weighted by Gasteiger charge is -2.41. The summed E-state index contributed by atoms with van der Waals surface area (Å²) in [5, 5.41) is 12.2. The number of amides is 1. The molecule has 2 aliphatic rings. The first-order valence-electron chi connectivity index (χ1n) is 14.5. The zero-order valence-corrected chi connectivity index (χ0v) is 24.7. The molecule has 4 aromatic rings. The first-order valence-corrected chi connectivity index (χ1v) is 14.8. The van der Waals surface area contributed by atoms with Gasteiger partial charge in [-0.15, -0.1) is 0 Å². The average molecular weight is 599 g/mol. The summed E-state index contributed by atoms with van der Waals surface area (Å²) in [6, 6.07) is 17.0. The summed E-state index contributed by atoms with van der Waals surface area (Å²) in [5.41, 5.74) is 1.19. The molecule has 2 atom stereocenters. The van der Waals surface area contributed by atoms with Crippen LogP contribution in [0.4, 0.5) is 10.2 Å². The van der Waals surface area contributed by atoms with Crippen LogP contribution >= 0.6 is 11.6 Å². The second-order valence-electron chi connectivity index (χ2n) is 11.1. The summed E-state index contributed by atoms with van der Waals surface area (Å²) in [6.45, 7) is 6.17. The minimum absolute atomic E-state index is 0.0937. The highest BCUT2D eigenvalue weighted by Crippen LogP contribution is 2.39. The van der Waals surface area contributed by atoms with Gasteiger partial charge in [0, 0.05) is 47.0 Å². The molecule has 220 valence electrons. The van der Waals surface area contributed by atoms with Crippen molar-refractivity contribution >= 4 is 45.0 Å². The topological polar surface area (TPSA) is 85.6 Å². The molecule has 0 aliphatic carbocycles. The van der Waals surface area contributed by atoms with Crippen LogP contribution in [0.25, 0.3) is 32.8 Å². The highest BCUT2D eigenvalue weighted by Gasteiger charge is 2.32. The van der Waals surface area contributed by atoms with Gasteiger partial charge >= 0.3 is 6.01 Å². The molecule has 2 fully saturated rings. The van der Waals surface area contributed by atoms with E-state index in [1.165, 1.54) is 6.08 Å². The molecular formula is C33H32ClFN6O2. The van der Waals surface area contributed by atoms with Gasteiger partial charge in [-0.1, -0.05) is 54.6 Å². The van der Waals surface area contributed by atoms with Crippen LogP contribution in [0.15, 0.2) is 61.2 Å². The predicted octanol–water partition coefficient (Wildman–Crippen LogP) is 5.83. The summed E-state index contributed by atoms with van der Waals surface area (Å²) in [6.07, 6.45) is 3.51. The fourth-order valence-electron chi connectivity index (χ4n) is 6.25. The Balaban J connectivity index is 1.46. The molecular weight excluding hydrogens is 567 g/mol. The van der Waals surface area contributed by atoms with Gasteiger partial charge in [0.05, 0.1) is 18.5 Å². The van der Waals surface area contributed by atoms with Crippen molar-refractivity contribution in [3.05, 3.63) is 72.0 Å². The maximum absolute atomic E-state index is 16.6. The minimum atomic E-state index is -0.495. The van der Waals surface area contributed by atoms with Gasteiger partial charge in [-0.25, -0.2) is 4.39 Å². The maximum Gasteiger partial charge on any atom is 0.319 e. The Morgan fingerprint density at radius 3 is 2.70 bits per heavy atom. The maximum atomic E-state index is 16.6. The number of benzene rings is 3. The quantitative estimate of drug-likeness (QED) is 0.247. The highest BCUT2D eigenvalue weighted by molar-refractivity contribution is 6.36. The van der Waals surface area contributed by atoms with Crippen LogP contribution in [0.3, 0.4) is 0 Å². The number of hydrogen-bond donors (Lipinski definition) is 0. The second-order valence-corrected chi connectivity index (χ2v) is 11.5. The SMILES string of the molecule is C=CC(=O)N1CCN(c2nc(OCC3CCCN3C)nc3c(F)c(-c4cccc5cccc(Cl)c45)ccc23)CC1CC#N. The number of hydrogen-bond acceptors (Lipinski definition) is 7. The molecule has 6 rings (SSSR count). The first-order chi connectivity index (χ1) is 20.9. The lowest BCUT2D eigenvalue weighted by atomic mass is 9.96. The third-order valence-corrected chi connectivity index (χ3v) is 8.87. The molecule has 2 aliphatic heterocycles. The van der Waals surface area contributed by atoms with Crippen LogP contribution < -0.4 is 9.64 Å². The molecule has 10 heteroatoms. The van der Waals surface area contributed by atoms with Crippen molar-refractivity contribution in [1.29, 1.82) is 5.26 Å². The van der Waals surface area contributed by atoms with E-state index in [-0.39, 0.29) is 35.9 Å². The van der Waals surface area contributed by atoms with Crippen LogP contribution in [0.2, 0.25) is 5.02 Å². The molecule has 2 saturated heterocycles. The molecule has 0 saturated carbocycles. The number of carbonyl (C=O) groups excluding carboxylic acids is 1. The van der Waals surface area contributed by atoms with E-state index in [2.05, 4.69) is 29.6 Å². The Labute approximate surface area is 254 Å². The zero-order valence-electron chi connectivity index (χ0n) is 24.0. The number of carbonyl (C=O) groups is 1. The van der Waals surface area contributed by atoms with Crippen molar-refractivity contribution in [2.75, 3.05) is 44.7 Å². The molecule has 3 aromatic carbocycles. The lowest BCUT2D eigenvalue weighted by Crippen LogP contribution is -2.55. The number of aromatic nitrogens is 2. The minimum Gasteiger partial charge on any atom is -0.462 e. The number of rotatable bonds is 7. The average Bonchev–Trinajstić information content (AvgIpc) is 3.44. The highest BCUT2D eigenvalue weighted by atomic mass is 35.5. The molecule has 2 unspecified atom stereocenters. The van der Waals surface area contributed by atoms with E-state index < -0.39 is 5.82 Å². The van der Waals surface area contributed by atoms with E-state index in [0.717, 1.165) is 30.2 Å². The Bertz CT molecular complexity index is 1750. The number of nitrogens with zero attached hydrogens (tertiary/aromatic N) is 6. The van der Waals surface area contributed by atoms with Crippen molar-refractivity contribution < 1.29 is 13.9 Å². The Hall–Kier alpha value is -4.26. The number of nitriles is 1. The van der Waals surface area contributed by atoms with E-state index >= 15 is 4.39 Å². The van der Waals surface area contributed by atoms with Crippen molar-refractivity contribution in [2.45, 2.75) is 31.3 Å². The van der Waals surface area contributed by atoms with Crippen LogP contribution in [0, 0.1) is 17.1 Å². The predicted molar refractivity (Wildman–Crippen MR) is 167 cm³/mol. The third kappa shape index (κ3) is 5.49. The number of piperazine rings is 1. The van der Waals surface area contributed by atoms with Gasteiger partial charge in [0.25, 0.3) is 0 Å². The number of fused-ring (bicyclic) bond motifs is 2. The number of likely N-dealkylation sites (tertiary alicyclic amines) is 1. The number of anilines is 1. The summed E-state index contributed by atoms with van der Waals surface area (Å²) in [4.78, 5) is 27.8. The fraction of sp³-hybridized carbons (Fsp3) is 0.333. The van der Waals surface area contributed by atoms with Gasteiger partial charge in [-0.2, -0.15) is 15.2 Å². The molecule has 0 N–H and O–H groups in total. The first kappa shape index (κ1) is 28.8. The van der Waals surface area contributed by atoms with Gasteiger partial charge in [0.1, 0.15) is 17.9 Å². The molecule has 43 heavy (non-hydrogen) atoms. The Kier molecular flexibility index (Phi) is 8.15. The van der Waals surface area contributed by atoms with Crippen molar-refractivity contribution in [2.24, 2.45) is 0 Å². The molecule has 0 radical (unpaired) electrons. The van der Waals surface area contributed by atoms with Gasteiger partial charge < -0.3 is 19.4 Å². The monoisotopic (exact) mass is 598 g/mol. The lowest BCUT2D eigenvalue weighted by molar-refractivity contribution is -0.128. The van der Waals surface area contributed by atoms with Crippen LogP contribution in [-0.4, -0.2) is 77.6 Å². The van der Waals surface area contributed by atoms with Crippen LogP contribution in [-0.2, 0) is 4.79 Å². The van der Waals surface area contributed by atoms with Crippen molar-refractivity contribution in [1.82, 2.24) is 19.8 Å². The van der Waals surface area contributed by atoms with Gasteiger partial charge in [0.2, 0.25) is 5.91 Å². The number of ether oxygens (including phenoxy) is 1. The van der Waals surface area contributed by atoms with E-state index in [0.29, 0.717) is 53.6 Å². The number of halogens is 2. The van der Waals surface area contributed by atoms with E-state index in [9.17, 15) is 10.1 Å². The van der Waals surface area contributed by atoms with Crippen molar-refractivity contribution in [3.63, 3.8) is 0 Å². The fourth-order valence-corrected chi connectivity index (χ4v) is 6.54. The molecule has 3 heterocycles.